The van der Waals surface area contributed by atoms with Crippen LogP contribution < -0.4 is 26.2 Å². The van der Waals surface area contributed by atoms with E-state index in [2.05, 4.69) is 25.7 Å². The zero-order valence-corrected chi connectivity index (χ0v) is 19.5. The first-order chi connectivity index (χ1) is 17.5. The van der Waals surface area contributed by atoms with Gasteiger partial charge in [0, 0.05) is 18.7 Å². The minimum absolute atomic E-state index is 0.0305. The molecular weight excluding hydrogens is 495 g/mol. The second-order valence-corrected chi connectivity index (χ2v) is 8.39. The summed E-state index contributed by atoms with van der Waals surface area (Å²) in [6, 6.07) is 8.02. The second-order valence-electron chi connectivity index (χ2n) is 8.39. The average Bonchev–Trinajstić information content (AvgIpc) is 2.98. The number of aromatic nitrogens is 2. The van der Waals surface area contributed by atoms with Crippen molar-refractivity contribution in [3.63, 3.8) is 0 Å². The first-order valence-electron chi connectivity index (χ1n) is 11.3. The Balaban J connectivity index is 1.47. The zero-order chi connectivity index (χ0) is 26.7. The molecule has 3 N–H and O–H groups in total. The monoisotopic (exact) mass is 517 g/mol. The number of alkyl halides is 3. The molecule has 4 amide bonds. The van der Waals surface area contributed by atoms with Gasteiger partial charge < -0.3 is 15.4 Å². The molecule has 2 heterocycles. The molecule has 10 nitrogen and oxygen atoms in total. The molecule has 1 unspecified atom stereocenters. The van der Waals surface area contributed by atoms with Crippen LogP contribution in [-0.4, -0.2) is 33.8 Å². The quantitative estimate of drug-likeness (QED) is 0.445. The summed E-state index contributed by atoms with van der Waals surface area (Å²) in [5, 5.41) is 7.63. The van der Waals surface area contributed by atoms with Crippen molar-refractivity contribution in [2.24, 2.45) is 0 Å². The van der Waals surface area contributed by atoms with Gasteiger partial charge in [-0.2, -0.15) is 0 Å². The van der Waals surface area contributed by atoms with E-state index in [1.165, 1.54) is 16.7 Å². The van der Waals surface area contributed by atoms with Gasteiger partial charge in [0.05, 0.1) is 10.9 Å². The topological polar surface area (TPSA) is 131 Å². The Morgan fingerprint density at radius 1 is 1.16 bits per heavy atom. The largest absolute Gasteiger partial charge is 0.573 e. The van der Waals surface area contributed by atoms with Gasteiger partial charge >= 0.3 is 12.4 Å². The van der Waals surface area contributed by atoms with Crippen LogP contribution in [0.3, 0.4) is 0 Å². The lowest BCUT2D eigenvalue weighted by molar-refractivity contribution is -0.274. The van der Waals surface area contributed by atoms with E-state index in [1.807, 2.05) is 0 Å². The SMILES string of the molecule is Cc1nc2ccc(CNC(=O)Nc3ccc(OC(F)(F)F)cc3)cc2c(=O)n1C1CCCC(=O)NC1=O. The van der Waals surface area contributed by atoms with Crippen LogP contribution in [0.2, 0.25) is 0 Å². The molecule has 13 heteroatoms. The molecule has 0 aliphatic carbocycles. The number of hydrogen-bond acceptors (Lipinski definition) is 6. The number of ether oxygens (including phenoxy) is 1. The summed E-state index contributed by atoms with van der Waals surface area (Å²) >= 11 is 0. The first kappa shape index (κ1) is 25.7. The fourth-order valence-corrected chi connectivity index (χ4v) is 4.05. The molecule has 2 aromatic carbocycles. The summed E-state index contributed by atoms with van der Waals surface area (Å²) in [6.45, 7) is 1.64. The molecular formula is C24H22F3N5O5. The number of urea groups is 1. The molecule has 0 bridgehead atoms. The van der Waals surface area contributed by atoms with Crippen LogP contribution in [0.1, 0.15) is 36.7 Å². The van der Waals surface area contributed by atoms with Crippen LogP contribution in [0.5, 0.6) is 5.75 Å². The molecule has 0 spiro atoms. The van der Waals surface area contributed by atoms with Crippen LogP contribution in [0.25, 0.3) is 10.9 Å². The Bertz CT molecular complexity index is 1420. The first-order valence-corrected chi connectivity index (χ1v) is 11.3. The van der Waals surface area contributed by atoms with Gasteiger partial charge in [0.2, 0.25) is 11.8 Å². The van der Waals surface area contributed by atoms with E-state index >= 15 is 0 Å². The Kier molecular flexibility index (Phi) is 7.14. The van der Waals surface area contributed by atoms with Crippen molar-refractivity contribution in [3.05, 3.63) is 64.2 Å². The Morgan fingerprint density at radius 3 is 2.59 bits per heavy atom. The van der Waals surface area contributed by atoms with Crippen molar-refractivity contribution in [3.8, 4) is 5.75 Å². The van der Waals surface area contributed by atoms with Gasteiger partial charge in [-0.05, 0) is 61.7 Å². The number of halogens is 3. The van der Waals surface area contributed by atoms with Crippen LogP contribution in [0.15, 0.2) is 47.3 Å². The summed E-state index contributed by atoms with van der Waals surface area (Å²) < 4.78 is 41.9. The minimum atomic E-state index is -4.81. The normalized spacial score (nSPS) is 16.2. The Morgan fingerprint density at radius 2 is 1.89 bits per heavy atom. The number of hydrogen-bond donors (Lipinski definition) is 3. The van der Waals surface area contributed by atoms with Crippen molar-refractivity contribution in [2.75, 3.05) is 5.32 Å². The summed E-state index contributed by atoms with van der Waals surface area (Å²) in [4.78, 5) is 54.2. The molecule has 0 radical (unpaired) electrons. The molecule has 1 aromatic heterocycles. The van der Waals surface area contributed by atoms with Crippen LogP contribution in [0, 0.1) is 6.92 Å². The van der Waals surface area contributed by atoms with Gasteiger partial charge in [-0.25, -0.2) is 9.78 Å². The fourth-order valence-electron chi connectivity index (χ4n) is 4.05. The summed E-state index contributed by atoms with van der Waals surface area (Å²) in [5.41, 5.74) is 0.794. The number of anilines is 1. The molecule has 0 saturated carbocycles. The van der Waals surface area contributed by atoms with E-state index in [9.17, 15) is 32.3 Å². The number of fused-ring (bicyclic) bond motifs is 1. The smallest absolute Gasteiger partial charge is 0.406 e. The standard InChI is InChI=1S/C24H22F3N5O5/c1-13-29-18-10-5-14(11-17(18)22(35)32(13)19-3-2-4-20(33)31-21(19)34)12-28-23(36)30-15-6-8-16(9-7-15)37-24(25,26)27/h5-11,19H,2-4,12H2,1H3,(H2,28,30,36)(H,31,33,34). The van der Waals surface area contributed by atoms with Crippen molar-refractivity contribution in [2.45, 2.75) is 45.1 Å². The van der Waals surface area contributed by atoms with Crippen LogP contribution >= 0.6 is 0 Å². The molecule has 3 aromatic rings. The van der Waals surface area contributed by atoms with Crippen molar-refractivity contribution >= 4 is 34.4 Å². The van der Waals surface area contributed by atoms with E-state index in [4.69, 9.17) is 0 Å². The third-order valence-corrected chi connectivity index (χ3v) is 5.70. The molecule has 4 rings (SSSR count). The molecule has 1 fully saturated rings. The zero-order valence-electron chi connectivity index (χ0n) is 19.5. The molecule has 37 heavy (non-hydrogen) atoms. The highest BCUT2D eigenvalue weighted by Gasteiger charge is 2.31. The molecule has 1 aliphatic heterocycles. The summed E-state index contributed by atoms with van der Waals surface area (Å²) in [5.74, 6) is -1.02. The van der Waals surface area contributed by atoms with Gasteiger partial charge in [0.1, 0.15) is 17.6 Å². The van der Waals surface area contributed by atoms with Gasteiger partial charge in [0.25, 0.3) is 5.56 Å². The third-order valence-electron chi connectivity index (χ3n) is 5.70. The molecule has 194 valence electrons. The van der Waals surface area contributed by atoms with E-state index in [0.717, 1.165) is 12.1 Å². The molecule has 1 saturated heterocycles. The maximum absolute atomic E-state index is 13.3. The van der Waals surface area contributed by atoms with Crippen molar-refractivity contribution < 1.29 is 32.3 Å². The summed E-state index contributed by atoms with van der Waals surface area (Å²) in [6.07, 6.45) is -3.86. The lowest BCUT2D eigenvalue weighted by Gasteiger charge is -2.19. The van der Waals surface area contributed by atoms with Gasteiger partial charge in [0.15, 0.2) is 0 Å². The number of nitrogens with one attached hydrogen (secondary N) is 3. The predicted molar refractivity (Wildman–Crippen MR) is 126 cm³/mol. The fraction of sp³-hybridized carbons (Fsp3) is 0.292. The van der Waals surface area contributed by atoms with E-state index in [0.29, 0.717) is 29.7 Å². The summed E-state index contributed by atoms with van der Waals surface area (Å²) in [7, 11) is 0. The average molecular weight is 517 g/mol. The van der Waals surface area contributed by atoms with Crippen LogP contribution in [-0.2, 0) is 16.1 Å². The number of nitrogens with zero attached hydrogens (tertiary/aromatic N) is 2. The number of imide groups is 1. The molecule has 1 atom stereocenters. The highest BCUT2D eigenvalue weighted by molar-refractivity contribution is 5.98. The maximum Gasteiger partial charge on any atom is 0.573 e. The van der Waals surface area contributed by atoms with E-state index in [-0.39, 0.29) is 29.9 Å². The number of carbonyl (C=O) groups excluding carboxylic acids is 3. The molecule has 1 aliphatic rings. The number of carbonyl (C=O) groups is 3. The van der Waals surface area contributed by atoms with E-state index < -0.39 is 35.7 Å². The number of amides is 4. The van der Waals surface area contributed by atoms with Crippen LogP contribution in [0.4, 0.5) is 23.7 Å². The maximum atomic E-state index is 13.3. The number of aryl methyl sites for hydroxylation is 1. The number of benzene rings is 2. The predicted octanol–water partition coefficient (Wildman–Crippen LogP) is 3.29. The van der Waals surface area contributed by atoms with Gasteiger partial charge in [-0.1, -0.05) is 6.07 Å². The second kappa shape index (κ2) is 10.3. The lowest BCUT2D eigenvalue weighted by atomic mass is 10.1. The Hall–Kier alpha value is -4.42. The van der Waals surface area contributed by atoms with Crippen molar-refractivity contribution in [1.29, 1.82) is 0 Å². The highest BCUT2D eigenvalue weighted by atomic mass is 19.4. The third kappa shape index (κ3) is 6.23. The highest BCUT2D eigenvalue weighted by Crippen LogP contribution is 2.24. The van der Waals surface area contributed by atoms with Gasteiger partial charge in [-0.15, -0.1) is 13.2 Å². The van der Waals surface area contributed by atoms with Gasteiger partial charge in [-0.3, -0.25) is 24.3 Å². The Labute approximate surface area is 207 Å². The van der Waals surface area contributed by atoms with E-state index in [1.54, 1.807) is 25.1 Å². The van der Waals surface area contributed by atoms with Crippen molar-refractivity contribution in [1.82, 2.24) is 20.2 Å². The number of rotatable bonds is 5. The lowest BCUT2D eigenvalue weighted by Crippen LogP contribution is -2.39. The minimum Gasteiger partial charge on any atom is -0.406 e.